The third-order valence-corrected chi connectivity index (χ3v) is 5.76. The van der Waals surface area contributed by atoms with Crippen molar-refractivity contribution in [1.29, 1.82) is 5.26 Å². The zero-order valence-corrected chi connectivity index (χ0v) is 16.6. The molecule has 0 spiro atoms. The van der Waals surface area contributed by atoms with Crippen molar-refractivity contribution in [1.82, 2.24) is 4.98 Å². The summed E-state index contributed by atoms with van der Waals surface area (Å²) >= 11 is 1.39. The SMILES string of the molecule is CCOc1ccccc1N1CC[NH+](CC(=O)[C@H](C#N)c2nc(C)cs2)CC1. The molecule has 0 bridgehead atoms. The highest BCUT2D eigenvalue weighted by Gasteiger charge is 2.29. The van der Waals surface area contributed by atoms with E-state index in [-0.39, 0.29) is 5.78 Å². The van der Waals surface area contributed by atoms with Gasteiger partial charge in [0.1, 0.15) is 17.3 Å². The van der Waals surface area contributed by atoms with Gasteiger partial charge < -0.3 is 14.5 Å². The fourth-order valence-corrected chi connectivity index (χ4v) is 4.22. The number of nitrogens with one attached hydrogen (secondary N) is 1. The first-order valence-corrected chi connectivity index (χ1v) is 10.1. The van der Waals surface area contributed by atoms with Crippen LogP contribution in [0.15, 0.2) is 29.6 Å². The fourth-order valence-electron chi connectivity index (χ4n) is 3.35. The minimum Gasteiger partial charge on any atom is -0.492 e. The topological polar surface area (TPSA) is 70.7 Å². The number of nitriles is 1. The summed E-state index contributed by atoms with van der Waals surface area (Å²) in [5.74, 6) is 0.126. The number of benzene rings is 1. The van der Waals surface area contributed by atoms with E-state index in [4.69, 9.17) is 4.74 Å². The Morgan fingerprint density at radius 1 is 1.41 bits per heavy atom. The number of quaternary nitrogens is 1. The number of anilines is 1. The average Bonchev–Trinajstić information content (AvgIpc) is 3.10. The molecular formula is C20H25N4O2S+. The standard InChI is InChI=1S/C20H24N4O2S/c1-3-26-19-7-5-4-6-17(19)24-10-8-23(9-11-24)13-18(25)16(12-21)20-22-15(2)14-27-20/h4-7,14,16H,3,8-11,13H2,1-2H3/p+1/t16-/m0/s1. The number of thiazole rings is 1. The van der Waals surface area contributed by atoms with Crippen molar-refractivity contribution in [2.24, 2.45) is 0 Å². The summed E-state index contributed by atoms with van der Waals surface area (Å²) in [5.41, 5.74) is 1.97. The lowest BCUT2D eigenvalue weighted by Crippen LogP contribution is -3.15. The maximum Gasteiger partial charge on any atom is 0.210 e. The Bertz CT molecular complexity index is 821. The molecule has 2 heterocycles. The van der Waals surface area contributed by atoms with Crippen LogP contribution in [0.3, 0.4) is 0 Å². The molecule has 27 heavy (non-hydrogen) atoms. The van der Waals surface area contributed by atoms with Crippen LogP contribution in [0.5, 0.6) is 5.75 Å². The van der Waals surface area contributed by atoms with Crippen LogP contribution in [0.1, 0.15) is 23.5 Å². The van der Waals surface area contributed by atoms with Crippen LogP contribution in [0.25, 0.3) is 0 Å². The summed E-state index contributed by atoms with van der Waals surface area (Å²) in [6.45, 7) is 8.33. The third kappa shape index (κ3) is 4.65. The van der Waals surface area contributed by atoms with Gasteiger partial charge in [0.2, 0.25) is 5.78 Å². The van der Waals surface area contributed by atoms with Gasteiger partial charge in [0.05, 0.1) is 44.5 Å². The largest absolute Gasteiger partial charge is 0.492 e. The number of aryl methyl sites for hydroxylation is 1. The molecule has 3 rings (SSSR count). The van der Waals surface area contributed by atoms with E-state index >= 15 is 0 Å². The van der Waals surface area contributed by atoms with E-state index in [1.165, 1.54) is 16.2 Å². The molecule has 1 aliphatic heterocycles. The van der Waals surface area contributed by atoms with Crippen molar-refractivity contribution in [2.75, 3.05) is 44.2 Å². The fraction of sp³-hybridized carbons (Fsp3) is 0.450. The summed E-state index contributed by atoms with van der Waals surface area (Å²) in [6, 6.07) is 10.2. The van der Waals surface area contributed by atoms with Gasteiger partial charge in [-0.25, -0.2) is 4.98 Å². The number of ether oxygens (including phenoxy) is 1. The number of nitrogens with zero attached hydrogens (tertiary/aromatic N) is 3. The molecule has 1 fully saturated rings. The van der Waals surface area contributed by atoms with Gasteiger partial charge in [-0.05, 0) is 26.0 Å². The summed E-state index contributed by atoms with van der Waals surface area (Å²) < 4.78 is 5.73. The monoisotopic (exact) mass is 385 g/mol. The predicted molar refractivity (Wildman–Crippen MR) is 106 cm³/mol. The van der Waals surface area contributed by atoms with Gasteiger partial charge in [-0.1, -0.05) is 12.1 Å². The van der Waals surface area contributed by atoms with E-state index in [1.54, 1.807) is 0 Å². The Morgan fingerprint density at radius 3 is 2.78 bits per heavy atom. The van der Waals surface area contributed by atoms with Gasteiger partial charge >= 0.3 is 0 Å². The molecule has 0 radical (unpaired) electrons. The number of ketones is 1. The highest BCUT2D eigenvalue weighted by molar-refractivity contribution is 7.09. The lowest BCUT2D eigenvalue weighted by Gasteiger charge is -2.34. The number of hydrogen-bond acceptors (Lipinski definition) is 6. The van der Waals surface area contributed by atoms with Gasteiger partial charge in [0.25, 0.3) is 0 Å². The predicted octanol–water partition coefficient (Wildman–Crippen LogP) is 1.43. The van der Waals surface area contributed by atoms with E-state index < -0.39 is 5.92 Å². The molecule has 1 atom stereocenters. The van der Waals surface area contributed by atoms with Crippen LogP contribution >= 0.6 is 11.3 Å². The number of piperazine rings is 1. The van der Waals surface area contributed by atoms with E-state index in [2.05, 4.69) is 22.0 Å². The molecule has 0 unspecified atom stereocenters. The third-order valence-electron chi connectivity index (χ3n) is 4.74. The van der Waals surface area contributed by atoms with Crippen molar-refractivity contribution < 1.29 is 14.4 Å². The maximum absolute atomic E-state index is 12.6. The Kier molecular flexibility index (Phi) is 6.43. The number of hydrogen-bond donors (Lipinski definition) is 1. The zero-order valence-electron chi connectivity index (χ0n) is 15.8. The molecule has 1 aliphatic rings. The first kappa shape index (κ1) is 19.3. The molecular weight excluding hydrogens is 360 g/mol. The molecule has 2 aromatic rings. The summed E-state index contributed by atoms with van der Waals surface area (Å²) in [5, 5.41) is 11.9. The number of carbonyl (C=O) groups is 1. The van der Waals surface area contributed by atoms with Crippen molar-refractivity contribution in [3.63, 3.8) is 0 Å². The Morgan fingerprint density at radius 2 is 2.15 bits per heavy atom. The zero-order chi connectivity index (χ0) is 19.2. The average molecular weight is 386 g/mol. The highest BCUT2D eigenvalue weighted by atomic mass is 32.1. The van der Waals surface area contributed by atoms with Crippen LogP contribution < -0.4 is 14.5 Å². The summed E-state index contributed by atoms with van der Waals surface area (Å²) in [4.78, 5) is 20.5. The smallest absolute Gasteiger partial charge is 0.210 e. The molecule has 0 saturated carbocycles. The first-order valence-electron chi connectivity index (χ1n) is 9.27. The van der Waals surface area contributed by atoms with E-state index in [1.807, 2.05) is 37.4 Å². The summed E-state index contributed by atoms with van der Waals surface area (Å²) in [7, 11) is 0. The normalized spacial score (nSPS) is 16.0. The first-order chi connectivity index (χ1) is 13.1. The molecule has 7 heteroatoms. The molecule has 1 N–H and O–H groups in total. The Hall–Kier alpha value is -2.43. The Balaban J connectivity index is 1.58. The van der Waals surface area contributed by atoms with Gasteiger partial charge in [-0.3, -0.25) is 4.79 Å². The second kappa shape index (κ2) is 8.98. The molecule has 6 nitrogen and oxygen atoms in total. The minimum atomic E-state index is -0.743. The lowest BCUT2D eigenvalue weighted by molar-refractivity contribution is -0.892. The van der Waals surface area contributed by atoms with Crippen LogP contribution in [-0.2, 0) is 4.79 Å². The van der Waals surface area contributed by atoms with Gasteiger partial charge in [0.15, 0.2) is 5.92 Å². The molecule has 1 saturated heterocycles. The summed E-state index contributed by atoms with van der Waals surface area (Å²) in [6.07, 6.45) is 0. The Labute approximate surface area is 164 Å². The molecule has 0 aliphatic carbocycles. The van der Waals surface area contributed by atoms with Gasteiger partial charge in [-0.2, -0.15) is 5.26 Å². The maximum atomic E-state index is 12.6. The van der Waals surface area contributed by atoms with Crippen LogP contribution in [0, 0.1) is 18.3 Å². The second-order valence-electron chi connectivity index (χ2n) is 6.67. The quantitative estimate of drug-likeness (QED) is 0.781. The van der Waals surface area contributed by atoms with Crippen LogP contribution in [-0.4, -0.2) is 50.1 Å². The van der Waals surface area contributed by atoms with E-state index in [0.29, 0.717) is 18.2 Å². The molecule has 1 aromatic heterocycles. The number of rotatable bonds is 7. The number of aromatic nitrogens is 1. The van der Waals surface area contributed by atoms with E-state index in [9.17, 15) is 10.1 Å². The number of Topliss-reactive ketones (excluding diaryl/α,β-unsaturated/α-hetero) is 1. The van der Waals surface area contributed by atoms with Crippen molar-refractivity contribution in [2.45, 2.75) is 19.8 Å². The molecule has 142 valence electrons. The lowest BCUT2D eigenvalue weighted by atomic mass is 10.1. The second-order valence-corrected chi connectivity index (χ2v) is 7.56. The van der Waals surface area contributed by atoms with Crippen molar-refractivity contribution >= 4 is 22.8 Å². The highest BCUT2D eigenvalue weighted by Crippen LogP contribution is 2.27. The number of para-hydroxylation sites is 2. The minimum absolute atomic E-state index is 0.0370. The van der Waals surface area contributed by atoms with Crippen molar-refractivity contribution in [3.8, 4) is 11.8 Å². The van der Waals surface area contributed by atoms with Gasteiger partial charge in [0, 0.05) is 11.1 Å². The molecule has 1 aromatic carbocycles. The van der Waals surface area contributed by atoms with Crippen LogP contribution in [0.2, 0.25) is 0 Å². The molecule has 0 amide bonds. The van der Waals surface area contributed by atoms with Crippen molar-refractivity contribution in [3.05, 3.63) is 40.3 Å². The number of carbonyl (C=O) groups excluding carboxylic acids is 1. The van der Waals surface area contributed by atoms with E-state index in [0.717, 1.165) is 43.3 Å². The van der Waals surface area contributed by atoms with Crippen LogP contribution in [0.4, 0.5) is 5.69 Å². The van der Waals surface area contributed by atoms with Gasteiger partial charge in [-0.15, -0.1) is 11.3 Å².